The molecule has 30 heavy (non-hydrogen) atoms. The Labute approximate surface area is 172 Å². The van der Waals surface area contributed by atoms with Crippen molar-refractivity contribution in [2.75, 3.05) is 17.2 Å². The molecule has 2 aromatic heterocycles. The molecule has 3 N–H and O–H groups in total. The number of pyridine rings is 1. The standard InChI is InChI=1S/C21H22F3N5O/c1-13(2)18(12-30)28-20-27-17(14-6-5-9-25-11-14)10-19(29-20)26-16-8-4-3-7-15(16)21(22,23)24/h3-11,13,18,30H,12H2,1-2H3,(H2,26,27,28,29)/t18-/m0/s1. The average molecular weight is 417 g/mol. The quantitative estimate of drug-likeness (QED) is 0.516. The smallest absolute Gasteiger partial charge is 0.394 e. The van der Waals surface area contributed by atoms with Gasteiger partial charge in [-0.25, -0.2) is 4.98 Å². The molecular weight excluding hydrogens is 395 g/mol. The van der Waals surface area contributed by atoms with E-state index in [1.165, 1.54) is 18.2 Å². The molecule has 2 heterocycles. The van der Waals surface area contributed by atoms with Gasteiger partial charge in [0, 0.05) is 24.0 Å². The second-order valence-electron chi connectivity index (χ2n) is 7.05. The van der Waals surface area contributed by atoms with E-state index in [0.29, 0.717) is 11.3 Å². The minimum Gasteiger partial charge on any atom is -0.394 e. The van der Waals surface area contributed by atoms with Crippen LogP contribution < -0.4 is 10.6 Å². The number of benzene rings is 1. The van der Waals surface area contributed by atoms with E-state index in [9.17, 15) is 18.3 Å². The van der Waals surface area contributed by atoms with E-state index in [1.807, 2.05) is 13.8 Å². The molecule has 0 fully saturated rings. The Hall–Kier alpha value is -3.20. The van der Waals surface area contributed by atoms with Crippen LogP contribution in [0.3, 0.4) is 0 Å². The largest absolute Gasteiger partial charge is 0.418 e. The molecule has 0 saturated carbocycles. The average Bonchev–Trinajstić information content (AvgIpc) is 2.72. The topological polar surface area (TPSA) is 83.0 Å². The number of rotatable bonds is 7. The predicted octanol–water partition coefficient (Wildman–Crippen LogP) is 4.73. The molecule has 0 aliphatic carbocycles. The molecule has 0 unspecified atom stereocenters. The number of nitrogens with one attached hydrogen (secondary N) is 2. The number of para-hydroxylation sites is 1. The lowest BCUT2D eigenvalue weighted by Gasteiger charge is -2.21. The van der Waals surface area contributed by atoms with E-state index < -0.39 is 11.7 Å². The van der Waals surface area contributed by atoms with Crippen molar-refractivity contribution in [3.8, 4) is 11.3 Å². The summed E-state index contributed by atoms with van der Waals surface area (Å²) < 4.78 is 40.1. The normalized spacial score (nSPS) is 12.6. The summed E-state index contributed by atoms with van der Waals surface area (Å²) in [6, 6.07) is 9.96. The maximum Gasteiger partial charge on any atom is 0.418 e. The van der Waals surface area contributed by atoms with Crippen LogP contribution in [-0.2, 0) is 6.18 Å². The van der Waals surface area contributed by atoms with Gasteiger partial charge in [-0.15, -0.1) is 0 Å². The van der Waals surface area contributed by atoms with E-state index in [2.05, 4.69) is 25.6 Å². The Morgan fingerprint density at radius 3 is 2.47 bits per heavy atom. The molecule has 158 valence electrons. The van der Waals surface area contributed by atoms with Crippen LogP contribution in [0.2, 0.25) is 0 Å². The van der Waals surface area contributed by atoms with Gasteiger partial charge in [0.1, 0.15) is 5.82 Å². The maximum atomic E-state index is 13.4. The maximum absolute atomic E-state index is 13.4. The van der Waals surface area contributed by atoms with Gasteiger partial charge in [0.15, 0.2) is 0 Å². The van der Waals surface area contributed by atoms with Crippen LogP contribution in [0.15, 0.2) is 54.9 Å². The number of hydrogen-bond donors (Lipinski definition) is 3. The summed E-state index contributed by atoms with van der Waals surface area (Å²) in [5, 5.41) is 15.4. The van der Waals surface area contributed by atoms with Crippen LogP contribution in [0.1, 0.15) is 19.4 Å². The van der Waals surface area contributed by atoms with Gasteiger partial charge in [0.2, 0.25) is 5.95 Å². The zero-order chi connectivity index (χ0) is 21.7. The number of anilines is 3. The summed E-state index contributed by atoms with van der Waals surface area (Å²) >= 11 is 0. The van der Waals surface area contributed by atoms with Gasteiger partial charge in [-0.05, 0) is 30.2 Å². The molecule has 0 amide bonds. The highest BCUT2D eigenvalue weighted by molar-refractivity contribution is 5.68. The minimum absolute atomic E-state index is 0.0861. The van der Waals surface area contributed by atoms with Crippen LogP contribution in [0.4, 0.5) is 30.6 Å². The molecule has 0 saturated heterocycles. The second kappa shape index (κ2) is 9.08. The fourth-order valence-corrected chi connectivity index (χ4v) is 2.80. The van der Waals surface area contributed by atoms with E-state index >= 15 is 0 Å². The predicted molar refractivity (Wildman–Crippen MR) is 109 cm³/mol. The lowest BCUT2D eigenvalue weighted by molar-refractivity contribution is -0.136. The van der Waals surface area contributed by atoms with Gasteiger partial charge in [-0.1, -0.05) is 26.0 Å². The summed E-state index contributed by atoms with van der Waals surface area (Å²) in [6.07, 6.45) is -1.29. The van der Waals surface area contributed by atoms with Gasteiger partial charge >= 0.3 is 6.18 Å². The Kier molecular flexibility index (Phi) is 6.51. The van der Waals surface area contributed by atoms with E-state index in [-0.39, 0.29) is 36.0 Å². The molecule has 0 aliphatic rings. The zero-order valence-electron chi connectivity index (χ0n) is 16.5. The van der Waals surface area contributed by atoms with Crippen LogP contribution in [0.25, 0.3) is 11.3 Å². The Morgan fingerprint density at radius 1 is 1.07 bits per heavy atom. The van der Waals surface area contributed by atoms with Crippen molar-refractivity contribution in [1.29, 1.82) is 0 Å². The minimum atomic E-state index is -4.51. The number of aromatic nitrogens is 3. The summed E-state index contributed by atoms with van der Waals surface area (Å²) in [5.41, 5.74) is 0.249. The highest BCUT2D eigenvalue weighted by atomic mass is 19.4. The third-order valence-corrected chi connectivity index (χ3v) is 4.49. The van der Waals surface area contributed by atoms with Crippen molar-refractivity contribution in [1.82, 2.24) is 15.0 Å². The zero-order valence-corrected chi connectivity index (χ0v) is 16.5. The second-order valence-corrected chi connectivity index (χ2v) is 7.05. The molecular formula is C21H22F3N5O. The van der Waals surface area contributed by atoms with Crippen molar-refractivity contribution in [2.45, 2.75) is 26.1 Å². The lowest BCUT2D eigenvalue weighted by atomic mass is 10.1. The molecule has 6 nitrogen and oxygen atoms in total. The van der Waals surface area contributed by atoms with Gasteiger partial charge in [-0.2, -0.15) is 18.2 Å². The van der Waals surface area contributed by atoms with E-state index in [4.69, 9.17) is 0 Å². The van der Waals surface area contributed by atoms with Crippen LogP contribution >= 0.6 is 0 Å². The fraction of sp³-hybridized carbons (Fsp3) is 0.286. The number of aliphatic hydroxyl groups excluding tert-OH is 1. The van der Waals surface area contributed by atoms with Gasteiger partial charge in [0.05, 0.1) is 29.6 Å². The van der Waals surface area contributed by atoms with Crippen molar-refractivity contribution >= 4 is 17.5 Å². The molecule has 0 radical (unpaired) electrons. The van der Waals surface area contributed by atoms with Gasteiger partial charge < -0.3 is 15.7 Å². The number of alkyl halides is 3. The molecule has 0 aliphatic heterocycles. The molecule has 0 spiro atoms. The monoisotopic (exact) mass is 417 g/mol. The lowest BCUT2D eigenvalue weighted by Crippen LogP contribution is -2.30. The van der Waals surface area contributed by atoms with Crippen molar-refractivity contribution in [2.24, 2.45) is 5.92 Å². The molecule has 3 aromatic rings. The summed E-state index contributed by atoms with van der Waals surface area (Å²) in [7, 11) is 0. The van der Waals surface area contributed by atoms with Gasteiger partial charge in [-0.3, -0.25) is 4.98 Å². The van der Waals surface area contributed by atoms with Crippen molar-refractivity contribution in [3.63, 3.8) is 0 Å². The van der Waals surface area contributed by atoms with E-state index in [0.717, 1.165) is 6.07 Å². The first-order chi connectivity index (χ1) is 14.3. The third-order valence-electron chi connectivity index (χ3n) is 4.49. The number of aliphatic hydroxyl groups is 1. The molecule has 0 bridgehead atoms. The first-order valence-corrected chi connectivity index (χ1v) is 9.38. The summed E-state index contributed by atoms with van der Waals surface area (Å²) in [5.74, 6) is 0.461. The van der Waals surface area contributed by atoms with E-state index in [1.54, 1.807) is 30.6 Å². The van der Waals surface area contributed by atoms with Crippen LogP contribution in [-0.4, -0.2) is 32.7 Å². The molecule has 1 atom stereocenters. The Bertz CT molecular complexity index is 980. The highest BCUT2D eigenvalue weighted by Crippen LogP contribution is 2.36. The molecule has 9 heteroatoms. The number of halogens is 3. The first kappa shape index (κ1) is 21.5. The summed E-state index contributed by atoms with van der Waals surface area (Å²) in [4.78, 5) is 12.8. The number of hydrogen-bond acceptors (Lipinski definition) is 6. The van der Waals surface area contributed by atoms with Crippen molar-refractivity contribution in [3.05, 3.63) is 60.4 Å². The molecule has 1 aromatic carbocycles. The highest BCUT2D eigenvalue weighted by Gasteiger charge is 2.33. The Balaban J connectivity index is 2.03. The SMILES string of the molecule is CC(C)[C@H](CO)Nc1nc(Nc2ccccc2C(F)(F)F)cc(-c2cccnc2)n1. The molecule has 3 rings (SSSR count). The first-order valence-electron chi connectivity index (χ1n) is 9.38. The Morgan fingerprint density at radius 2 is 1.83 bits per heavy atom. The third kappa shape index (κ3) is 5.24. The van der Waals surface area contributed by atoms with Gasteiger partial charge in [0.25, 0.3) is 0 Å². The summed E-state index contributed by atoms with van der Waals surface area (Å²) in [6.45, 7) is 3.72. The number of nitrogens with zero attached hydrogens (tertiary/aromatic N) is 3. The van der Waals surface area contributed by atoms with Crippen LogP contribution in [0.5, 0.6) is 0 Å². The fourth-order valence-electron chi connectivity index (χ4n) is 2.80. The van der Waals surface area contributed by atoms with Crippen molar-refractivity contribution < 1.29 is 18.3 Å². The van der Waals surface area contributed by atoms with Crippen LogP contribution in [0, 0.1) is 5.92 Å².